The van der Waals surface area contributed by atoms with E-state index in [-0.39, 0.29) is 0 Å². The predicted octanol–water partition coefficient (Wildman–Crippen LogP) is 3.75. The SMILES string of the molecule is CC1CCCCC1Oc1nc(Cl)cs1. The number of aromatic nitrogens is 1. The summed E-state index contributed by atoms with van der Waals surface area (Å²) in [5.74, 6) is 0.645. The number of halogens is 1. The van der Waals surface area contributed by atoms with Gasteiger partial charge in [0.25, 0.3) is 5.19 Å². The third-order valence-electron chi connectivity index (χ3n) is 2.74. The number of thiazole rings is 1. The number of hydrogen-bond donors (Lipinski definition) is 0. The molecular formula is C10H14ClNOS. The maximum absolute atomic E-state index is 5.81. The molecule has 1 heterocycles. The van der Waals surface area contributed by atoms with Crippen molar-refractivity contribution in [2.75, 3.05) is 0 Å². The Kier molecular flexibility index (Phi) is 3.29. The van der Waals surface area contributed by atoms with Crippen molar-refractivity contribution in [3.63, 3.8) is 0 Å². The first-order valence-electron chi connectivity index (χ1n) is 5.03. The van der Waals surface area contributed by atoms with E-state index < -0.39 is 0 Å². The lowest BCUT2D eigenvalue weighted by atomic mass is 9.88. The molecule has 0 spiro atoms. The molecule has 0 bridgehead atoms. The molecule has 1 aliphatic carbocycles. The van der Waals surface area contributed by atoms with E-state index in [9.17, 15) is 0 Å². The molecule has 2 nitrogen and oxygen atoms in total. The van der Waals surface area contributed by atoms with Crippen molar-refractivity contribution in [2.45, 2.75) is 38.7 Å². The van der Waals surface area contributed by atoms with Gasteiger partial charge in [-0.1, -0.05) is 36.3 Å². The molecule has 0 amide bonds. The van der Waals surface area contributed by atoms with Crippen LogP contribution in [0.25, 0.3) is 0 Å². The minimum atomic E-state index is 0.339. The molecular weight excluding hydrogens is 218 g/mol. The molecule has 1 fully saturated rings. The summed E-state index contributed by atoms with van der Waals surface area (Å²) in [4.78, 5) is 4.10. The molecule has 0 aromatic carbocycles. The molecule has 1 aromatic heterocycles. The molecule has 1 saturated carbocycles. The first-order chi connectivity index (χ1) is 6.75. The molecule has 0 aliphatic heterocycles. The summed E-state index contributed by atoms with van der Waals surface area (Å²) < 4.78 is 5.81. The topological polar surface area (TPSA) is 22.1 Å². The Bertz CT molecular complexity index is 302. The zero-order chi connectivity index (χ0) is 9.97. The van der Waals surface area contributed by atoms with Gasteiger partial charge in [0.15, 0.2) is 0 Å². The minimum absolute atomic E-state index is 0.339. The van der Waals surface area contributed by atoms with Crippen molar-refractivity contribution in [3.05, 3.63) is 10.5 Å². The predicted molar refractivity (Wildman–Crippen MR) is 59.2 cm³/mol. The van der Waals surface area contributed by atoms with Crippen molar-refractivity contribution in [3.8, 4) is 5.19 Å². The summed E-state index contributed by atoms with van der Waals surface area (Å²) >= 11 is 7.21. The van der Waals surface area contributed by atoms with Gasteiger partial charge in [-0.25, -0.2) is 0 Å². The van der Waals surface area contributed by atoms with E-state index in [1.807, 2.05) is 5.38 Å². The first-order valence-corrected chi connectivity index (χ1v) is 6.29. The van der Waals surface area contributed by atoms with Crippen molar-refractivity contribution in [2.24, 2.45) is 5.92 Å². The standard InChI is InChI=1S/C10H14ClNOS/c1-7-4-2-3-5-8(7)13-10-12-9(11)6-14-10/h6-8H,2-5H2,1H3. The Hall–Kier alpha value is -0.280. The lowest BCUT2D eigenvalue weighted by Crippen LogP contribution is -2.28. The van der Waals surface area contributed by atoms with Crippen molar-refractivity contribution >= 4 is 22.9 Å². The normalized spacial score (nSPS) is 27.6. The molecule has 0 radical (unpaired) electrons. The molecule has 1 aromatic rings. The van der Waals surface area contributed by atoms with Gasteiger partial charge in [0.05, 0.1) is 0 Å². The van der Waals surface area contributed by atoms with Crippen LogP contribution >= 0.6 is 22.9 Å². The second-order valence-electron chi connectivity index (χ2n) is 3.85. The summed E-state index contributed by atoms with van der Waals surface area (Å²) in [6, 6.07) is 0. The molecule has 0 saturated heterocycles. The van der Waals surface area contributed by atoms with E-state index in [1.54, 1.807) is 0 Å². The second kappa shape index (κ2) is 4.49. The van der Waals surface area contributed by atoms with Gasteiger partial charge < -0.3 is 4.74 Å². The van der Waals surface area contributed by atoms with Crippen molar-refractivity contribution in [1.29, 1.82) is 0 Å². The van der Waals surface area contributed by atoms with Gasteiger partial charge in [0, 0.05) is 5.38 Å². The largest absolute Gasteiger partial charge is 0.466 e. The fourth-order valence-electron chi connectivity index (χ4n) is 1.88. The molecule has 1 aliphatic rings. The Morgan fingerprint density at radius 1 is 1.50 bits per heavy atom. The van der Waals surface area contributed by atoms with E-state index in [0.717, 1.165) is 6.42 Å². The van der Waals surface area contributed by atoms with Crippen LogP contribution in [0.3, 0.4) is 0 Å². The van der Waals surface area contributed by atoms with Gasteiger partial charge in [0.1, 0.15) is 11.3 Å². The minimum Gasteiger partial charge on any atom is -0.466 e. The van der Waals surface area contributed by atoms with Gasteiger partial charge in [-0.2, -0.15) is 4.98 Å². The fourth-order valence-corrected chi connectivity index (χ4v) is 2.72. The van der Waals surface area contributed by atoms with E-state index in [1.165, 1.54) is 30.6 Å². The average molecular weight is 232 g/mol. The van der Waals surface area contributed by atoms with Gasteiger partial charge in [-0.3, -0.25) is 0 Å². The Morgan fingerprint density at radius 3 is 2.93 bits per heavy atom. The number of rotatable bonds is 2. The summed E-state index contributed by atoms with van der Waals surface area (Å²) in [5.41, 5.74) is 0. The highest BCUT2D eigenvalue weighted by Crippen LogP contribution is 2.30. The average Bonchev–Trinajstić information content (AvgIpc) is 2.56. The molecule has 78 valence electrons. The number of hydrogen-bond acceptors (Lipinski definition) is 3. The molecule has 0 N–H and O–H groups in total. The van der Waals surface area contributed by atoms with Gasteiger partial charge in [-0.05, 0) is 25.2 Å². The summed E-state index contributed by atoms with van der Waals surface area (Å²) in [6.07, 6.45) is 5.36. The first kappa shape index (κ1) is 10.2. The smallest absolute Gasteiger partial charge is 0.274 e. The summed E-state index contributed by atoms with van der Waals surface area (Å²) in [5, 5.41) is 3.06. The Morgan fingerprint density at radius 2 is 2.29 bits per heavy atom. The second-order valence-corrected chi connectivity index (χ2v) is 5.06. The highest BCUT2D eigenvalue weighted by atomic mass is 35.5. The van der Waals surface area contributed by atoms with Crippen LogP contribution in [0.2, 0.25) is 5.15 Å². The maximum atomic E-state index is 5.81. The highest BCUT2D eigenvalue weighted by molar-refractivity contribution is 7.11. The zero-order valence-corrected chi connectivity index (χ0v) is 9.77. The number of ether oxygens (including phenoxy) is 1. The fraction of sp³-hybridized carbons (Fsp3) is 0.700. The van der Waals surface area contributed by atoms with Gasteiger partial charge in [0.2, 0.25) is 0 Å². The van der Waals surface area contributed by atoms with E-state index in [2.05, 4.69) is 11.9 Å². The summed E-state index contributed by atoms with van der Waals surface area (Å²) in [6.45, 7) is 2.25. The van der Waals surface area contributed by atoms with Crippen LogP contribution in [-0.2, 0) is 0 Å². The highest BCUT2D eigenvalue weighted by Gasteiger charge is 2.23. The summed E-state index contributed by atoms with van der Waals surface area (Å²) in [7, 11) is 0. The van der Waals surface area contributed by atoms with Crippen LogP contribution in [0.1, 0.15) is 32.6 Å². The third kappa shape index (κ3) is 2.39. The number of nitrogens with zero attached hydrogens (tertiary/aromatic N) is 1. The maximum Gasteiger partial charge on any atom is 0.274 e. The van der Waals surface area contributed by atoms with Crippen LogP contribution < -0.4 is 4.74 Å². The van der Waals surface area contributed by atoms with Crippen LogP contribution in [-0.4, -0.2) is 11.1 Å². The van der Waals surface area contributed by atoms with Crippen LogP contribution in [0.15, 0.2) is 5.38 Å². The molecule has 2 rings (SSSR count). The van der Waals surface area contributed by atoms with Crippen molar-refractivity contribution in [1.82, 2.24) is 4.98 Å². The molecule has 2 atom stereocenters. The van der Waals surface area contributed by atoms with Crippen LogP contribution in [0.4, 0.5) is 0 Å². The third-order valence-corrected chi connectivity index (χ3v) is 3.79. The quantitative estimate of drug-likeness (QED) is 0.774. The van der Waals surface area contributed by atoms with E-state index in [0.29, 0.717) is 22.4 Å². The Balaban J connectivity index is 1.95. The lowest BCUT2D eigenvalue weighted by Gasteiger charge is -2.27. The van der Waals surface area contributed by atoms with E-state index >= 15 is 0 Å². The van der Waals surface area contributed by atoms with Crippen LogP contribution in [0, 0.1) is 5.92 Å². The molecule has 4 heteroatoms. The molecule has 14 heavy (non-hydrogen) atoms. The Labute approximate surface area is 93.3 Å². The lowest BCUT2D eigenvalue weighted by molar-refractivity contribution is 0.102. The zero-order valence-electron chi connectivity index (χ0n) is 8.20. The van der Waals surface area contributed by atoms with Crippen molar-refractivity contribution < 1.29 is 4.74 Å². The monoisotopic (exact) mass is 231 g/mol. The van der Waals surface area contributed by atoms with E-state index in [4.69, 9.17) is 16.3 Å². The molecule has 2 unspecified atom stereocenters. The van der Waals surface area contributed by atoms with Crippen LogP contribution in [0.5, 0.6) is 5.19 Å². The van der Waals surface area contributed by atoms with Gasteiger partial charge in [-0.15, -0.1) is 0 Å². The van der Waals surface area contributed by atoms with Gasteiger partial charge >= 0.3 is 0 Å².